The molecule has 0 radical (unpaired) electrons. The number of Topliss-reactive ketones (excluding diaryl/α,β-unsaturated/α-hetero) is 1. The van der Waals surface area contributed by atoms with Gasteiger partial charge in [0.25, 0.3) is 0 Å². The van der Waals surface area contributed by atoms with Crippen molar-refractivity contribution in [2.24, 2.45) is 0 Å². The summed E-state index contributed by atoms with van der Waals surface area (Å²) in [6.45, 7) is 13.6. The van der Waals surface area contributed by atoms with Gasteiger partial charge in [-0.15, -0.1) is 26.3 Å². The number of nitrogens with one attached hydrogen (secondary N) is 1. The molecule has 0 saturated carbocycles. The predicted octanol–water partition coefficient (Wildman–Crippen LogP) is 5.34. The Balaban J connectivity index is 0.000000510. The maximum absolute atomic E-state index is 11.3. The summed E-state index contributed by atoms with van der Waals surface area (Å²) >= 11 is 0. The molecule has 2 aromatic carbocycles. The molecule has 3 rings (SSSR count). The molecule has 0 unspecified atom stereocenters. The van der Waals surface area contributed by atoms with E-state index in [9.17, 15) is 4.79 Å². The molecule has 2 aromatic rings. The van der Waals surface area contributed by atoms with Crippen molar-refractivity contribution in [3.05, 3.63) is 74.3 Å². The van der Waals surface area contributed by atoms with Crippen LogP contribution in [0.1, 0.15) is 17.3 Å². The van der Waals surface area contributed by atoms with Crippen LogP contribution in [0.25, 0.3) is 0 Å². The van der Waals surface area contributed by atoms with Gasteiger partial charge in [-0.25, -0.2) is 0 Å². The minimum absolute atomic E-state index is 0.0495. The zero-order chi connectivity index (χ0) is 15.8. The van der Waals surface area contributed by atoms with Crippen molar-refractivity contribution in [1.29, 1.82) is 0 Å². The van der Waals surface area contributed by atoms with Gasteiger partial charge >= 0.3 is 0 Å². The summed E-state index contributed by atoms with van der Waals surface area (Å²) in [4.78, 5) is 11.3. The Kier molecular flexibility index (Phi) is 5.96. The van der Waals surface area contributed by atoms with Crippen LogP contribution >= 0.6 is 0 Å². The Morgan fingerprint density at radius 3 is 2.24 bits per heavy atom. The van der Waals surface area contributed by atoms with Crippen LogP contribution < -0.4 is 10.1 Å². The lowest BCUT2D eigenvalue weighted by molar-refractivity contribution is 0.101. The first-order valence-electron chi connectivity index (χ1n) is 6.43. The zero-order valence-corrected chi connectivity index (χ0v) is 12.2. The number of fused-ring (bicyclic) bond motifs is 2. The smallest absolute Gasteiger partial charge is 0.159 e. The first-order chi connectivity index (χ1) is 10.2. The average molecular weight is 281 g/mol. The van der Waals surface area contributed by atoms with Crippen molar-refractivity contribution in [3.63, 3.8) is 0 Å². The summed E-state index contributed by atoms with van der Waals surface area (Å²) in [5, 5.41) is 3.26. The number of carbonyl (C=O) groups is 1. The molecule has 1 heterocycles. The molecule has 0 aliphatic carbocycles. The Labute approximate surface area is 125 Å². The number of hydrogen-bond donors (Lipinski definition) is 1. The van der Waals surface area contributed by atoms with Crippen molar-refractivity contribution in [2.45, 2.75) is 6.92 Å². The van der Waals surface area contributed by atoms with Gasteiger partial charge in [-0.05, 0) is 37.3 Å². The van der Waals surface area contributed by atoms with Gasteiger partial charge in [0, 0.05) is 5.56 Å². The van der Waals surface area contributed by atoms with E-state index in [1.165, 1.54) is 0 Å². The van der Waals surface area contributed by atoms with Gasteiger partial charge in [0.2, 0.25) is 0 Å². The van der Waals surface area contributed by atoms with Crippen molar-refractivity contribution in [1.82, 2.24) is 0 Å². The summed E-state index contributed by atoms with van der Waals surface area (Å²) in [5.74, 6) is 1.60. The number of ketones is 1. The zero-order valence-electron chi connectivity index (χ0n) is 12.2. The molecule has 1 aliphatic heterocycles. The summed E-state index contributed by atoms with van der Waals surface area (Å²) in [7, 11) is 0. The van der Waals surface area contributed by atoms with E-state index in [-0.39, 0.29) is 5.78 Å². The lowest BCUT2D eigenvalue weighted by atomic mass is 10.1. The van der Waals surface area contributed by atoms with Crippen LogP contribution in [0, 0.1) is 0 Å². The third-order valence-corrected chi connectivity index (χ3v) is 2.76. The van der Waals surface area contributed by atoms with E-state index in [2.05, 4.69) is 31.6 Å². The monoisotopic (exact) mass is 281 g/mol. The number of para-hydroxylation sites is 2. The predicted molar refractivity (Wildman–Crippen MR) is 88.8 cm³/mol. The number of ether oxygens (including phenoxy) is 1. The van der Waals surface area contributed by atoms with E-state index in [0.29, 0.717) is 5.56 Å². The standard InChI is InChI=1S/C14H11NO2.2C2H4/c1-9(16)10-6-7-14-12(8-10)15-11-4-2-3-5-13(11)17-14;2*1-2/h2-8,15H,1H3;2*1-2H2. The molecule has 0 atom stereocenters. The first-order valence-corrected chi connectivity index (χ1v) is 6.43. The van der Waals surface area contributed by atoms with E-state index in [1.54, 1.807) is 13.0 Å². The molecule has 1 aliphatic rings. The highest BCUT2D eigenvalue weighted by Crippen LogP contribution is 2.41. The van der Waals surface area contributed by atoms with Gasteiger partial charge in [-0.3, -0.25) is 4.79 Å². The number of anilines is 2. The molecule has 0 aromatic heterocycles. The Morgan fingerprint density at radius 1 is 0.952 bits per heavy atom. The Bertz CT molecular complexity index is 633. The second kappa shape index (κ2) is 7.70. The van der Waals surface area contributed by atoms with Gasteiger partial charge in [-0.1, -0.05) is 12.1 Å². The topological polar surface area (TPSA) is 38.3 Å². The second-order valence-electron chi connectivity index (χ2n) is 3.99. The van der Waals surface area contributed by atoms with Crippen LogP contribution in [0.3, 0.4) is 0 Å². The number of carbonyl (C=O) groups excluding carboxylic acids is 1. The third-order valence-electron chi connectivity index (χ3n) is 2.76. The van der Waals surface area contributed by atoms with Crippen LogP contribution in [0.5, 0.6) is 11.5 Å². The molecular formula is C18H19NO2. The fourth-order valence-electron chi connectivity index (χ4n) is 1.86. The molecule has 3 heteroatoms. The molecule has 0 saturated heterocycles. The normalized spacial score (nSPS) is 9.95. The van der Waals surface area contributed by atoms with E-state index < -0.39 is 0 Å². The van der Waals surface area contributed by atoms with Crippen molar-refractivity contribution < 1.29 is 9.53 Å². The quantitative estimate of drug-likeness (QED) is 0.483. The van der Waals surface area contributed by atoms with Crippen LogP contribution in [-0.4, -0.2) is 5.78 Å². The third kappa shape index (κ3) is 3.60. The maximum atomic E-state index is 11.3. The fourth-order valence-corrected chi connectivity index (χ4v) is 1.86. The SMILES string of the molecule is C=C.C=C.CC(=O)c1ccc2c(c1)Nc1ccccc1O2. The molecule has 0 bridgehead atoms. The van der Waals surface area contributed by atoms with Crippen LogP contribution in [0.2, 0.25) is 0 Å². The molecule has 0 spiro atoms. The Hall–Kier alpha value is -2.81. The van der Waals surface area contributed by atoms with Gasteiger partial charge in [-0.2, -0.15) is 0 Å². The van der Waals surface area contributed by atoms with Gasteiger partial charge in [0.05, 0.1) is 11.4 Å². The highest BCUT2D eigenvalue weighted by molar-refractivity contribution is 5.96. The number of benzene rings is 2. The summed E-state index contributed by atoms with van der Waals surface area (Å²) < 4.78 is 5.74. The lowest BCUT2D eigenvalue weighted by Crippen LogP contribution is -2.04. The van der Waals surface area contributed by atoms with Crippen molar-refractivity contribution in [3.8, 4) is 11.5 Å². The minimum atomic E-state index is 0.0495. The lowest BCUT2D eigenvalue weighted by Gasteiger charge is -2.21. The Morgan fingerprint density at radius 2 is 1.57 bits per heavy atom. The first kappa shape index (κ1) is 16.2. The minimum Gasteiger partial charge on any atom is -0.453 e. The molecule has 21 heavy (non-hydrogen) atoms. The van der Waals surface area contributed by atoms with E-state index in [4.69, 9.17) is 4.74 Å². The highest BCUT2D eigenvalue weighted by atomic mass is 16.5. The fraction of sp³-hybridized carbons (Fsp3) is 0.0556. The van der Waals surface area contributed by atoms with E-state index >= 15 is 0 Å². The van der Waals surface area contributed by atoms with Crippen molar-refractivity contribution >= 4 is 17.2 Å². The summed E-state index contributed by atoms with van der Waals surface area (Å²) in [5.41, 5.74) is 2.43. The second-order valence-corrected chi connectivity index (χ2v) is 3.99. The highest BCUT2D eigenvalue weighted by Gasteiger charge is 2.16. The average Bonchev–Trinajstić information content (AvgIpc) is 2.56. The molecule has 0 fully saturated rings. The van der Waals surface area contributed by atoms with Gasteiger partial charge in [0.1, 0.15) is 0 Å². The molecule has 3 nitrogen and oxygen atoms in total. The summed E-state index contributed by atoms with van der Waals surface area (Å²) in [6.07, 6.45) is 0. The van der Waals surface area contributed by atoms with Crippen LogP contribution in [0.15, 0.2) is 68.8 Å². The van der Waals surface area contributed by atoms with Gasteiger partial charge in [0.15, 0.2) is 17.3 Å². The molecule has 108 valence electrons. The molecular weight excluding hydrogens is 262 g/mol. The van der Waals surface area contributed by atoms with Gasteiger partial charge < -0.3 is 10.1 Å². The van der Waals surface area contributed by atoms with Crippen LogP contribution in [-0.2, 0) is 0 Å². The number of rotatable bonds is 1. The molecule has 1 N–H and O–H groups in total. The summed E-state index contributed by atoms with van der Waals surface area (Å²) in [6, 6.07) is 13.1. The van der Waals surface area contributed by atoms with Crippen molar-refractivity contribution in [2.75, 3.05) is 5.32 Å². The maximum Gasteiger partial charge on any atom is 0.159 e. The largest absolute Gasteiger partial charge is 0.453 e. The molecule has 0 amide bonds. The van der Waals surface area contributed by atoms with E-state index in [1.807, 2.05) is 36.4 Å². The van der Waals surface area contributed by atoms with Crippen LogP contribution in [0.4, 0.5) is 11.4 Å². The van der Waals surface area contributed by atoms with E-state index in [0.717, 1.165) is 22.9 Å². The number of hydrogen-bond acceptors (Lipinski definition) is 3.